The first-order valence-electron chi connectivity index (χ1n) is 13.9. The molecule has 4 heteroatoms. The summed E-state index contributed by atoms with van der Waals surface area (Å²) in [4.78, 5) is 0.478. The van der Waals surface area contributed by atoms with Crippen molar-refractivity contribution in [3.8, 4) is 0 Å². The highest BCUT2D eigenvalue weighted by atomic mass is 32.2. The van der Waals surface area contributed by atoms with Crippen LogP contribution >= 0.6 is 0 Å². The van der Waals surface area contributed by atoms with Crippen LogP contribution in [0.25, 0.3) is 0 Å². The Bertz CT molecular complexity index is 824. The second-order valence-corrected chi connectivity index (χ2v) is 13.3. The zero-order chi connectivity index (χ0) is 24.9. The monoisotopic (exact) mass is 490 g/mol. The van der Waals surface area contributed by atoms with Crippen LogP contribution in [0.4, 0.5) is 0 Å². The first-order valence-corrected chi connectivity index (χ1v) is 15.4. The largest absolute Gasteiger partial charge is 0.396 e. The molecule has 1 N–H and O–H groups in total. The third-order valence-electron chi connectivity index (χ3n) is 7.81. The number of benzene rings is 1. The standard InChI is InChI=1S/C30H50O3S/c1-26-19-18-23-30(2,3)29(26)25-28(34(32,33)27-20-15-13-16-21-27)22-14-11-9-7-5-4-6-8-10-12-17-24-31/h13,15-16,20-21,28,31H,4-12,14,17-19,22-25H2,1-3H3. The van der Waals surface area contributed by atoms with Gasteiger partial charge in [-0.2, -0.15) is 0 Å². The molecule has 34 heavy (non-hydrogen) atoms. The van der Waals surface area contributed by atoms with Crippen LogP contribution in [0.2, 0.25) is 0 Å². The summed E-state index contributed by atoms with van der Waals surface area (Å²) in [5.41, 5.74) is 2.91. The van der Waals surface area contributed by atoms with Crippen LogP contribution in [0, 0.1) is 5.41 Å². The number of unbranched alkanes of at least 4 members (excludes halogenated alkanes) is 10. The van der Waals surface area contributed by atoms with Gasteiger partial charge in [-0.1, -0.05) is 107 Å². The van der Waals surface area contributed by atoms with Crippen LogP contribution in [0.3, 0.4) is 0 Å². The summed E-state index contributed by atoms with van der Waals surface area (Å²) in [5.74, 6) is 0. The van der Waals surface area contributed by atoms with E-state index in [-0.39, 0.29) is 10.7 Å². The van der Waals surface area contributed by atoms with E-state index in [1.54, 1.807) is 12.1 Å². The number of aliphatic hydroxyl groups excluding tert-OH is 1. The predicted molar refractivity (Wildman–Crippen MR) is 145 cm³/mol. The number of hydrogen-bond acceptors (Lipinski definition) is 3. The Hall–Kier alpha value is -1.13. The average molecular weight is 491 g/mol. The van der Waals surface area contributed by atoms with Crippen LogP contribution in [0.15, 0.2) is 46.4 Å². The number of hydrogen-bond donors (Lipinski definition) is 1. The summed E-state index contributed by atoms with van der Waals surface area (Å²) in [6.07, 6.45) is 18.0. The Morgan fingerprint density at radius 1 is 0.853 bits per heavy atom. The van der Waals surface area contributed by atoms with Gasteiger partial charge in [-0.05, 0) is 63.0 Å². The van der Waals surface area contributed by atoms with Gasteiger partial charge in [0, 0.05) is 6.61 Å². The topological polar surface area (TPSA) is 54.4 Å². The maximum atomic E-state index is 13.6. The van der Waals surface area contributed by atoms with Crippen molar-refractivity contribution in [1.82, 2.24) is 0 Å². The molecular weight excluding hydrogens is 440 g/mol. The smallest absolute Gasteiger partial charge is 0.181 e. The minimum atomic E-state index is -3.34. The van der Waals surface area contributed by atoms with E-state index < -0.39 is 9.84 Å². The summed E-state index contributed by atoms with van der Waals surface area (Å²) >= 11 is 0. The second kappa shape index (κ2) is 15.1. The molecular formula is C30H50O3S. The quantitative estimate of drug-likeness (QED) is 0.176. The first kappa shape index (κ1) is 29.1. The molecule has 0 radical (unpaired) electrons. The molecule has 1 aromatic carbocycles. The van der Waals surface area contributed by atoms with Gasteiger partial charge in [-0.15, -0.1) is 0 Å². The molecule has 3 nitrogen and oxygen atoms in total. The fraction of sp³-hybridized carbons (Fsp3) is 0.733. The van der Waals surface area contributed by atoms with Crippen LogP contribution in [-0.2, 0) is 9.84 Å². The Balaban J connectivity index is 1.87. The lowest BCUT2D eigenvalue weighted by Gasteiger charge is -2.36. The van der Waals surface area contributed by atoms with E-state index in [1.165, 1.54) is 62.5 Å². The molecule has 194 valence electrons. The molecule has 0 aliphatic heterocycles. The molecule has 0 aromatic heterocycles. The summed E-state index contributed by atoms with van der Waals surface area (Å²) in [6, 6.07) is 9.09. The zero-order valence-electron chi connectivity index (χ0n) is 22.2. The summed E-state index contributed by atoms with van der Waals surface area (Å²) in [5, 5.41) is 8.50. The molecule has 0 amide bonds. The minimum absolute atomic E-state index is 0.102. The van der Waals surface area contributed by atoms with Crippen molar-refractivity contribution < 1.29 is 13.5 Å². The molecule has 0 fully saturated rings. The van der Waals surface area contributed by atoms with E-state index in [2.05, 4.69) is 20.8 Å². The molecule has 0 saturated carbocycles. The van der Waals surface area contributed by atoms with E-state index in [0.717, 1.165) is 44.9 Å². The lowest BCUT2D eigenvalue weighted by molar-refractivity contribution is 0.282. The van der Waals surface area contributed by atoms with Gasteiger partial charge in [0.1, 0.15) is 0 Å². The molecule has 1 atom stereocenters. The van der Waals surface area contributed by atoms with E-state index in [9.17, 15) is 8.42 Å². The first-order chi connectivity index (χ1) is 16.3. The molecule has 1 aromatic rings. The fourth-order valence-corrected chi connectivity index (χ4v) is 7.38. The molecule has 0 bridgehead atoms. The molecule has 0 heterocycles. The van der Waals surface area contributed by atoms with Gasteiger partial charge in [0.05, 0.1) is 10.1 Å². The zero-order valence-corrected chi connectivity index (χ0v) is 23.0. The van der Waals surface area contributed by atoms with Gasteiger partial charge in [0.2, 0.25) is 0 Å². The van der Waals surface area contributed by atoms with Crippen molar-refractivity contribution in [1.29, 1.82) is 0 Å². The van der Waals surface area contributed by atoms with Gasteiger partial charge in [0.15, 0.2) is 9.84 Å². The lowest BCUT2D eigenvalue weighted by atomic mass is 9.71. The Kier molecular flexibility index (Phi) is 12.9. The van der Waals surface area contributed by atoms with Crippen molar-refractivity contribution in [2.45, 2.75) is 134 Å². The maximum Gasteiger partial charge on any atom is 0.181 e. The predicted octanol–water partition coefficient (Wildman–Crippen LogP) is 8.42. The minimum Gasteiger partial charge on any atom is -0.396 e. The third-order valence-corrected chi connectivity index (χ3v) is 10.0. The Morgan fingerprint density at radius 2 is 1.38 bits per heavy atom. The van der Waals surface area contributed by atoms with Gasteiger partial charge in [-0.25, -0.2) is 8.42 Å². The molecule has 0 spiro atoms. The average Bonchev–Trinajstić information content (AvgIpc) is 2.81. The highest BCUT2D eigenvalue weighted by Gasteiger charge is 2.34. The maximum absolute atomic E-state index is 13.6. The van der Waals surface area contributed by atoms with Gasteiger partial charge >= 0.3 is 0 Å². The van der Waals surface area contributed by atoms with Crippen molar-refractivity contribution in [2.24, 2.45) is 5.41 Å². The molecule has 1 unspecified atom stereocenters. The van der Waals surface area contributed by atoms with E-state index in [1.807, 2.05) is 18.2 Å². The summed E-state index contributed by atoms with van der Waals surface area (Å²) in [7, 11) is -3.34. The van der Waals surface area contributed by atoms with Crippen LogP contribution in [0.5, 0.6) is 0 Å². The highest BCUT2D eigenvalue weighted by molar-refractivity contribution is 7.92. The van der Waals surface area contributed by atoms with Crippen LogP contribution in [-0.4, -0.2) is 25.4 Å². The van der Waals surface area contributed by atoms with Crippen LogP contribution in [0.1, 0.15) is 124 Å². The van der Waals surface area contributed by atoms with Crippen molar-refractivity contribution in [2.75, 3.05) is 6.61 Å². The summed E-state index contributed by atoms with van der Waals surface area (Å²) in [6.45, 7) is 7.13. The van der Waals surface area contributed by atoms with Crippen molar-refractivity contribution in [3.63, 3.8) is 0 Å². The Morgan fingerprint density at radius 3 is 1.91 bits per heavy atom. The number of allylic oxidation sites excluding steroid dienone is 2. The molecule has 0 saturated heterocycles. The second-order valence-electron chi connectivity index (χ2n) is 11.1. The number of rotatable bonds is 17. The normalized spacial score (nSPS) is 17.2. The van der Waals surface area contributed by atoms with E-state index >= 15 is 0 Å². The molecule has 2 rings (SSSR count). The molecule has 1 aliphatic rings. The number of sulfone groups is 1. The lowest BCUT2D eigenvalue weighted by Crippen LogP contribution is -2.28. The van der Waals surface area contributed by atoms with Gasteiger partial charge < -0.3 is 5.11 Å². The Labute approximate surface area is 210 Å². The van der Waals surface area contributed by atoms with Crippen molar-refractivity contribution in [3.05, 3.63) is 41.5 Å². The summed E-state index contributed by atoms with van der Waals surface area (Å²) < 4.78 is 27.2. The van der Waals surface area contributed by atoms with Gasteiger partial charge in [0.25, 0.3) is 0 Å². The van der Waals surface area contributed by atoms with E-state index in [4.69, 9.17) is 5.11 Å². The van der Waals surface area contributed by atoms with Gasteiger partial charge in [-0.3, -0.25) is 0 Å². The fourth-order valence-electron chi connectivity index (χ4n) is 5.60. The highest BCUT2D eigenvalue weighted by Crippen LogP contribution is 2.44. The third kappa shape index (κ3) is 9.49. The molecule has 1 aliphatic carbocycles. The van der Waals surface area contributed by atoms with Crippen LogP contribution < -0.4 is 0 Å². The van der Waals surface area contributed by atoms with Crippen molar-refractivity contribution >= 4 is 9.84 Å². The van der Waals surface area contributed by atoms with E-state index in [0.29, 0.717) is 17.9 Å². The SMILES string of the molecule is CC1=C(CC(CCCCCCCCCCCCCO)S(=O)(=O)c2ccccc2)C(C)(C)CCC1. The number of aliphatic hydroxyl groups is 1.